The number of carbonyl (C=O) groups is 1. The van der Waals surface area contributed by atoms with E-state index in [2.05, 4.69) is 15.6 Å². The lowest BCUT2D eigenvalue weighted by molar-refractivity contribution is -0.115. The Morgan fingerprint density at radius 2 is 2.05 bits per heavy atom. The summed E-state index contributed by atoms with van der Waals surface area (Å²) in [4.78, 5) is 25.5. The molecule has 0 aliphatic rings. The second kappa shape index (κ2) is 6.01. The molecule has 1 aromatic carbocycles. The molecular weight excluding hydrogens is 244 g/mol. The number of rotatable bonds is 5. The highest BCUT2D eigenvalue weighted by Gasteiger charge is 2.03. The molecule has 0 fully saturated rings. The minimum absolute atomic E-state index is 0.0894. The van der Waals surface area contributed by atoms with Crippen LogP contribution in [0.1, 0.15) is 6.92 Å². The Morgan fingerprint density at radius 1 is 1.32 bits per heavy atom. The van der Waals surface area contributed by atoms with Gasteiger partial charge in [-0.3, -0.25) is 9.36 Å². The van der Waals surface area contributed by atoms with Crippen LogP contribution in [0.3, 0.4) is 0 Å². The number of H-pyrrole nitrogens is 1. The maximum absolute atomic E-state index is 11.5. The largest absolute Gasteiger partial charge is 0.330 e. The summed E-state index contributed by atoms with van der Waals surface area (Å²) in [7, 11) is 0. The summed E-state index contributed by atoms with van der Waals surface area (Å²) in [6.45, 7) is 2.98. The fraction of sp³-hybridized carbons (Fsp3) is 0.231. The standard InChI is InChI=1S/C13H16N4O2/c1-2-14-9-12(18)16-10-3-5-11(6-4-10)17-8-7-15-13(17)19/h3-8,14H,2,9H2,1H3,(H,15,19)(H,16,18). The molecule has 0 spiro atoms. The average Bonchev–Trinajstić information content (AvgIpc) is 2.83. The minimum Gasteiger partial charge on any atom is -0.325 e. The molecule has 0 saturated carbocycles. The van der Waals surface area contributed by atoms with Crippen molar-refractivity contribution < 1.29 is 4.79 Å². The number of aromatic amines is 1. The second-order valence-corrected chi connectivity index (χ2v) is 4.01. The number of aromatic nitrogens is 2. The highest BCUT2D eigenvalue weighted by Crippen LogP contribution is 2.11. The first-order valence-corrected chi connectivity index (χ1v) is 6.07. The number of likely N-dealkylation sites (N-methyl/N-ethyl adjacent to an activating group) is 1. The summed E-state index contributed by atoms with van der Waals surface area (Å²) in [6, 6.07) is 7.08. The Bertz CT molecular complexity index is 598. The van der Waals surface area contributed by atoms with Crippen LogP contribution in [0.2, 0.25) is 0 Å². The van der Waals surface area contributed by atoms with E-state index in [1.807, 2.05) is 6.92 Å². The van der Waals surface area contributed by atoms with E-state index in [9.17, 15) is 9.59 Å². The third-order valence-electron chi connectivity index (χ3n) is 2.61. The fourth-order valence-electron chi connectivity index (χ4n) is 1.67. The number of anilines is 1. The number of hydrogen-bond acceptors (Lipinski definition) is 3. The van der Waals surface area contributed by atoms with Crippen LogP contribution in [0.5, 0.6) is 0 Å². The number of imidazole rings is 1. The lowest BCUT2D eigenvalue weighted by Crippen LogP contribution is -2.27. The Balaban J connectivity index is 2.05. The van der Waals surface area contributed by atoms with Gasteiger partial charge in [-0.15, -0.1) is 0 Å². The van der Waals surface area contributed by atoms with Crippen molar-refractivity contribution in [1.29, 1.82) is 0 Å². The quantitative estimate of drug-likeness (QED) is 0.741. The van der Waals surface area contributed by atoms with Gasteiger partial charge in [-0.25, -0.2) is 4.79 Å². The number of amides is 1. The highest BCUT2D eigenvalue weighted by molar-refractivity contribution is 5.92. The van der Waals surface area contributed by atoms with Gasteiger partial charge in [0.15, 0.2) is 0 Å². The number of benzene rings is 1. The van der Waals surface area contributed by atoms with Gasteiger partial charge >= 0.3 is 5.69 Å². The van der Waals surface area contributed by atoms with E-state index in [-0.39, 0.29) is 18.1 Å². The van der Waals surface area contributed by atoms with Crippen LogP contribution >= 0.6 is 0 Å². The van der Waals surface area contributed by atoms with Gasteiger partial charge in [-0.1, -0.05) is 6.92 Å². The Hall–Kier alpha value is -2.34. The molecule has 0 aliphatic heterocycles. The molecule has 0 bridgehead atoms. The van der Waals surface area contributed by atoms with Crippen molar-refractivity contribution in [2.75, 3.05) is 18.4 Å². The topological polar surface area (TPSA) is 78.9 Å². The molecule has 0 saturated heterocycles. The van der Waals surface area contributed by atoms with Crippen LogP contribution in [-0.4, -0.2) is 28.5 Å². The van der Waals surface area contributed by atoms with Crippen molar-refractivity contribution in [2.24, 2.45) is 0 Å². The zero-order valence-corrected chi connectivity index (χ0v) is 10.6. The molecule has 1 aromatic heterocycles. The summed E-state index contributed by atoms with van der Waals surface area (Å²) < 4.78 is 1.49. The number of nitrogens with zero attached hydrogens (tertiary/aromatic N) is 1. The molecule has 0 aliphatic carbocycles. The van der Waals surface area contributed by atoms with Gasteiger partial charge in [-0.05, 0) is 30.8 Å². The van der Waals surface area contributed by atoms with Gasteiger partial charge in [-0.2, -0.15) is 0 Å². The summed E-state index contributed by atoms with van der Waals surface area (Å²) >= 11 is 0. The van der Waals surface area contributed by atoms with E-state index < -0.39 is 0 Å². The summed E-state index contributed by atoms with van der Waals surface area (Å²) in [5.41, 5.74) is 1.26. The summed E-state index contributed by atoms with van der Waals surface area (Å²) in [5.74, 6) is -0.0894. The van der Waals surface area contributed by atoms with Gasteiger partial charge in [0, 0.05) is 18.1 Å². The van der Waals surface area contributed by atoms with Crippen LogP contribution < -0.4 is 16.3 Å². The average molecular weight is 260 g/mol. The molecule has 0 radical (unpaired) electrons. The molecule has 0 unspecified atom stereocenters. The van der Waals surface area contributed by atoms with Crippen molar-refractivity contribution in [1.82, 2.24) is 14.9 Å². The van der Waals surface area contributed by atoms with Crippen molar-refractivity contribution in [2.45, 2.75) is 6.92 Å². The lowest BCUT2D eigenvalue weighted by atomic mass is 10.2. The lowest BCUT2D eigenvalue weighted by Gasteiger charge is -2.07. The first-order valence-electron chi connectivity index (χ1n) is 6.07. The molecule has 19 heavy (non-hydrogen) atoms. The third-order valence-corrected chi connectivity index (χ3v) is 2.61. The monoisotopic (exact) mass is 260 g/mol. The van der Waals surface area contributed by atoms with Crippen molar-refractivity contribution in [3.63, 3.8) is 0 Å². The van der Waals surface area contributed by atoms with E-state index >= 15 is 0 Å². The van der Waals surface area contributed by atoms with Gasteiger partial charge in [0.05, 0.1) is 12.2 Å². The SMILES string of the molecule is CCNCC(=O)Nc1ccc(-n2cc[nH]c2=O)cc1. The van der Waals surface area contributed by atoms with E-state index in [0.29, 0.717) is 5.69 Å². The fourth-order valence-corrected chi connectivity index (χ4v) is 1.67. The zero-order valence-electron chi connectivity index (χ0n) is 10.6. The molecule has 3 N–H and O–H groups in total. The Kier molecular flexibility index (Phi) is 4.15. The van der Waals surface area contributed by atoms with Crippen molar-refractivity contribution in [3.05, 3.63) is 47.1 Å². The first-order chi connectivity index (χ1) is 9.20. The summed E-state index contributed by atoms with van der Waals surface area (Å²) in [5, 5.41) is 5.72. The normalized spacial score (nSPS) is 10.4. The van der Waals surface area contributed by atoms with E-state index in [1.165, 1.54) is 4.57 Å². The molecule has 2 aromatic rings. The molecule has 6 nitrogen and oxygen atoms in total. The molecule has 100 valence electrons. The molecule has 0 atom stereocenters. The third kappa shape index (κ3) is 3.32. The van der Waals surface area contributed by atoms with E-state index in [1.54, 1.807) is 36.7 Å². The molecule has 1 amide bonds. The Labute approximate surface area is 110 Å². The smallest absolute Gasteiger partial charge is 0.325 e. The van der Waals surface area contributed by atoms with Gasteiger partial charge in [0.25, 0.3) is 0 Å². The summed E-state index contributed by atoms with van der Waals surface area (Å²) in [6.07, 6.45) is 3.23. The molecule has 1 heterocycles. The molecule has 2 rings (SSSR count). The van der Waals surface area contributed by atoms with E-state index in [4.69, 9.17) is 0 Å². The van der Waals surface area contributed by atoms with Gasteiger partial charge < -0.3 is 15.6 Å². The predicted molar refractivity (Wildman–Crippen MR) is 73.6 cm³/mol. The molecular formula is C13H16N4O2. The highest BCUT2D eigenvalue weighted by atomic mass is 16.2. The second-order valence-electron chi connectivity index (χ2n) is 4.01. The first kappa shape index (κ1) is 13.1. The van der Waals surface area contributed by atoms with Crippen LogP contribution in [-0.2, 0) is 4.79 Å². The maximum atomic E-state index is 11.5. The van der Waals surface area contributed by atoms with Crippen molar-refractivity contribution >= 4 is 11.6 Å². The zero-order chi connectivity index (χ0) is 13.7. The number of hydrogen-bond donors (Lipinski definition) is 3. The van der Waals surface area contributed by atoms with Crippen LogP contribution in [0.4, 0.5) is 5.69 Å². The van der Waals surface area contributed by atoms with Crippen LogP contribution in [0.25, 0.3) is 5.69 Å². The van der Waals surface area contributed by atoms with Crippen LogP contribution in [0.15, 0.2) is 41.5 Å². The van der Waals surface area contributed by atoms with Crippen molar-refractivity contribution in [3.8, 4) is 5.69 Å². The molecule has 6 heteroatoms. The number of carbonyl (C=O) groups excluding carboxylic acids is 1. The van der Waals surface area contributed by atoms with Gasteiger partial charge in [0.2, 0.25) is 5.91 Å². The van der Waals surface area contributed by atoms with Gasteiger partial charge in [0.1, 0.15) is 0 Å². The predicted octanol–water partition coefficient (Wildman–Crippen LogP) is 0.714. The maximum Gasteiger partial charge on any atom is 0.330 e. The minimum atomic E-state index is -0.191. The van der Waals surface area contributed by atoms with Crippen LogP contribution in [0, 0.1) is 0 Å². The number of nitrogens with one attached hydrogen (secondary N) is 3. The Morgan fingerprint density at radius 3 is 2.63 bits per heavy atom. The van der Waals surface area contributed by atoms with E-state index in [0.717, 1.165) is 12.2 Å².